The van der Waals surface area contributed by atoms with Crippen LogP contribution >= 0.6 is 0 Å². The van der Waals surface area contributed by atoms with Crippen LogP contribution in [-0.2, 0) is 6.42 Å². The number of aryl methyl sites for hydroxylation is 2. The Morgan fingerprint density at radius 1 is 1.05 bits per heavy atom. The Morgan fingerprint density at radius 3 is 2.40 bits per heavy atom. The molecular weight excluding hydrogens is 246 g/mol. The van der Waals surface area contributed by atoms with Crippen LogP contribution in [0.2, 0.25) is 0 Å². The number of benzene rings is 2. The maximum Gasteiger partial charge on any atom is 0.251 e. The zero-order chi connectivity index (χ0) is 14.4. The Hall–Kier alpha value is -2.09. The van der Waals surface area contributed by atoms with Crippen molar-refractivity contribution in [3.8, 4) is 0 Å². The highest BCUT2D eigenvalue weighted by atomic mass is 16.1. The number of nitrogens with one attached hydrogen (secondary N) is 1. The Morgan fingerprint density at radius 2 is 1.70 bits per heavy atom. The molecule has 0 saturated carbocycles. The van der Waals surface area contributed by atoms with Crippen LogP contribution in [0.25, 0.3) is 0 Å². The van der Waals surface area contributed by atoms with Crippen LogP contribution in [0.4, 0.5) is 0 Å². The van der Waals surface area contributed by atoms with Crippen molar-refractivity contribution in [2.24, 2.45) is 0 Å². The molecule has 2 heteroatoms. The van der Waals surface area contributed by atoms with Crippen LogP contribution in [-0.4, -0.2) is 11.9 Å². The first kappa shape index (κ1) is 14.3. The molecule has 0 bridgehead atoms. The minimum atomic E-state index is 0.0173. The van der Waals surface area contributed by atoms with Crippen molar-refractivity contribution >= 4 is 5.91 Å². The van der Waals surface area contributed by atoms with Gasteiger partial charge in [-0.3, -0.25) is 4.79 Å². The summed E-state index contributed by atoms with van der Waals surface area (Å²) in [5, 5.41) is 3.07. The molecule has 0 saturated heterocycles. The highest BCUT2D eigenvalue weighted by molar-refractivity contribution is 5.95. The first-order valence-corrected chi connectivity index (χ1v) is 7.07. The van der Waals surface area contributed by atoms with E-state index in [1.165, 1.54) is 5.56 Å². The van der Waals surface area contributed by atoms with Crippen LogP contribution in [0.5, 0.6) is 0 Å². The van der Waals surface area contributed by atoms with Crippen LogP contribution in [0.3, 0.4) is 0 Å². The van der Waals surface area contributed by atoms with Crippen molar-refractivity contribution in [3.05, 3.63) is 71.3 Å². The molecule has 104 valence electrons. The van der Waals surface area contributed by atoms with Crippen molar-refractivity contribution < 1.29 is 4.79 Å². The van der Waals surface area contributed by atoms with E-state index in [1.54, 1.807) is 0 Å². The summed E-state index contributed by atoms with van der Waals surface area (Å²) in [6.07, 6.45) is 1.93. The minimum Gasteiger partial charge on any atom is -0.350 e. The van der Waals surface area contributed by atoms with E-state index in [0.717, 1.165) is 24.0 Å². The van der Waals surface area contributed by atoms with Gasteiger partial charge < -0.3 is 5.32 Å². The molecule has 0 aliphatic heterocycles. The predicted octanol–water partition coefficient (Wildman–Crippen LogP) is 3.75. The predicted molar refractivity (Wildman–Crippen MR) is 82.9 cm³/mol. The number of carbonyl (C=O) groups excluding carboxylic acids is 1. The summed E-state index contributed by atoms with van der Waals surface area (Å²) in [7, 11) is 0. The lowest BCUT2D eigenvalue weighted by molar-refractivity contribution is 0.0938. The normalized spacial score (nSPS) is 11.9. The molecule has 1 amide bonds. The summed E-state index contributed by atoms with van der Waals surface area (Å²) in [6.45, 7) is 4.02. The number of carbonyl (C=O) groups is 1. The van der Waals surface area contributed by atoms with Gasteiger partial charge in [0, 0.05) is 11.6 Å². The average Bonchev–Trinajstić information content (AvgIpc) is 2.46. The van der Waals surface area contributed by atoms with Crippen LogP contribution in [0, 0.1) is 6.92 Å². The Balaban J connectivity index is 1.87. The van der Waals surface area contributed by atoms with E-state index in [0.29, 0.717) is 0 Å². The van der Waals surface area contributed by atoms with Crippen LogP contribution in [0.1, 0.15) is 34.8 Å². The summed E-state index contributed by atoms with van der Waals surface area (Å²) in [6, 6.07) is 18.2. The standard InChI is InChI=1S/C18H21NO/c1-14-8-6-7-11-17(14)18(20)19-15(2)12-13-16-9-4-3-5-10-16/h3-11,15H,12-13H2,1-2H3,(H,19,20). The van der Waals surface area contributed by atoms with E-state index in [9.17, 15) is 4.79 Å². The van der Waals surface area contributed by atoms with E-state index in [1.807, 2.05) is 49.4 Å². The SMILES string of the molecule is Cc1ccccc1C(=O)NC(C)CCc1ccccc1. The van der Waals surface area contributed by atoms with Crippen LogP contribution in [0.15, 0.2) is 54.6 Å². The van der Waals surface area contributed by atoms with Crippen molar-refractivity contribution in [2.75, 3.05) is 0 Å². The molecule has 20 heavy (non-hydrogen) atoms. The first-order chi connectivity index (χ1) is 9.66. The quantitative estimate of drug-likeness (QED) is 0.878. The Labute approximate surface area is 120 Å². The fourth-order valence-electron chi connectivity index (χ4n) is 2.23. The van der Waals surface area contributed by atoms with Crippen molar-refractivity contribution in [3.63, 3.8) is 0 Å². The topological polar surface area (TPSA) is 29.1 Å². The number of rotatable bonds is 5. The van der Waals surface area contributed by atoms with Gasteiger partial charge in [0.2, 0.25) is 0 Å². The van der Waals surface area contributed by atoms with Gasteiger partial charge >= 0.3 is 0 Å². The van der Waals surface area contributed by atoms with E-state index < -0.39 is 0 Å². The number of hydrogen-bond donors (Lipinski definition) is 1. The van der Waals surface area contributed by atoms with Gasteiger partial charge in [0.05, 0.1) is 0 Å². The largest absolute Gasteiger partial charge is 0.350 e. The number of amides is 1. The summed E-state index contributed by atoms with van der Waals surface area (Å²) in [5.41, 5.74) is 3.09. The molecule has 1 atom stereocenters. The van der Waals surface area contributed by atoms with Gasteiger partial charge in [0.1, 0.15) is 0 Å². The molecule has 0 aromatic heterocycles. The zero-order valence-corrected chi connectivity index (χ0v) is 12.1. The summed E-state index contributed by atoms with van der Waals surface area (Å²) < 4.78 is 0. The zero-order valence-electron chi connectivity index (χ0n) is 12.1. The Kier molecular flexibility index (Phi) is 4.94. The van der Waals surface area contributed by atoms with Crippen molar-refractivity contribution in [1.82, 2.24) is 5.32 Å². The summed E-state index contributed by atoms with van der Waals surface area (Å²) in [4.78, 5) is 12.2. The second kappa shape index (κ2) is 6.90. The van der Waals surface area contributed by atoms with Gasteiger partial charge in [0.25, 0.3) is 5.91 Å². The van der Waals surface area contributed by atoms with Crippen molar-refractivity contribution in [1.29, 1.82) is 0 Å². The second-order valence-corrected chi connectivity index (χ2v) is 5.21. The summed E-state index contributed by atoms with van der Waals surface area (Å²) >= 11 is 0. The maximum absolute atomic E-state index is 12.2. The molecule has 0 heterocycles. The van der Waals surface area contributed by atoms with Gasteiger partial charge in [-0.2, -0.15) is 0 Å². The van der Waals surface area contributed by atoms with Gasteiger partial charge in [-0.15, -0.1) is 0 Å². The third-order valence-electron chi connectivity index (χ3n) is 3.48. The third-order valence-corrected chi connectivity index (χ3v) is 3.48. The van der Waals surface area contributed by atoms with E-state index >= 15 is 0 Å². The lowest BCUT2D eigenvalue weighted by Gasteiger charge is -2.15. The molecule has 0 aliphatic rings. The highest BCUT2D eigenvalue weighted by Crippen LogP contribution is 2.09. The molecule has 2 aromatic carbocycles. The summed E-state index contributed by atoms with van der Waals surface area (Å²) in [5.74, 6) is 0.0173. The van der Waals surface area contributed by atoms with Gasteiger partial charge in [-0.25, -0.2) is 0 Å². The fraction of sp³-hybridized carbons (Fsp3) is 0.278. The highest BCUT2D eigenvalue weighted by Gasteiger charge is 2.11. The van der Waals surface area contributed by atoms with Crippen molar-refractivity contribution in [2.45, 2.75) is 32.7 Å². The molecule has 1 N–H and O–H groups in total. The van der Waals surface area contributed by atoms with Gasteiger partial charge in [-0.1, -0.05) is 48.5 Å². The minimum absolute atomic E-state index is 0.0173. The smallest absolute Gasteiger partial charge is 0.251 e. The monoisotopic (exact) mass is 267 g/mol. The lowest BCUT2D eigenvalue weighted by Crippen LogP contribution is -2.33. The molecule has 0 fully saturated rings. The van der Waals surface area contributed by atoms with Crippen LogP contribution < -0.4 is 5.32 Å². The molecule has 2 aromatic rings. The van der Waals surface area contributed by atoms with E-state index in [-0.39, 0.29) is 11.9 Å². The molecule has 0 aliphatic carbocycles. The molecule has 1 unspecified atom stereocenters. The molecule has 2 rings (SSSR count). The molecule has 0 spiro atoms. The van der Waals surface area contributed by atoms with Gasteiger partial charge in [0.15, 0.2) is 0 Å². The second-order valence-electron chi connectivity index (χ2n) is 5.21. The Bertz CT molecular complexity index is 563. The number of hydrogen-bond acceptors (Lipinski definition) is 1. The molecular formula is C18H21NO. The fourth-order valence-corrected chi connectivity index (χ4v) is 2.23. The first-order valence-electron chi connectivity index (χ1n) is 7.07. The van der Waals surface area contributed by atoms with Gasteiger partial charge in [-0.05, 0) is 43.9 Å². The maximum atomic E-state index is 12.2. The average molecular weight is 267 g/mol. The molecule has 2 nitrogen and oxygen atoms in total. The van der Waals surface area contributed by atoms with E-state index in [4.69, 9.17) is 0 Å². The lowest BCUT2D eigenvalue weighted by atomic mass is 10.0. The molecule has 0 radical (unpaired) electrons. The third kappa shape index (κ3) is 3.95. The van der Waals surface area contributed by atoms with E-state index in [2.05, 4.69) is 24.4 Å².